The normalized spacial score (nSPS) is 11.7. The molecule has 2 aromatic rings. The predicted molar refractivity (Wildman–Crippen MR) is 83.6 cm³/mol. The summed E-state index contributed by atoms with van der Waals surface area (Å²) in [5, 5.41) is 10.7. The van der Waals surface area contributed by atoms with Gasteiger partial charge in [0.05, 0.1) is 18.1 Å². The van der Waals surface area contributed by atoms with Crippen molar-refractivity contribution in [3.63, 3.8) is 0 Å². The van der Waals surface area contributed by atoms with Crippen LogP contribution in [0.5, 0.6) is 11.5 Å². The fourth-order valence-electron chi connectivity index (χ4n) is 1.93. The van der Waals surface area contributed by atoms with Gasteiger partial charge in [0.25, 0.3) is 15.7 Å². The summed E-state index contributed by atoms with van der Waals surface area (Å²) in [4.78, 5) is 9.65. The third kappa shape index (κ3) is 4.75. The van der Waals surface area contributed by atoms with E-state index in [1.54, 1.807) is 0 Å². The van der Waals surface area contributed by atoms with Gasteiger partial charge in [0.1, 0.15) is 16.4 Å². The molecule has 0 aromatic heterocycles. The van der Waals surface area contributed by atoms with E-state index in [-0.39, 0.29) is 22.0 Å². The number of ether oxygens (including phenoxy) is 2. The minimum atomic E-state index is -4.87. The number of hydrogen-bond acceptors (Lipinski definition) is 6. The molecule has 0 aliphatic rings. The molecule has 0 atom stereocenters. The molecule has 12 heteroatoms. The van der Waals surface area contributed by atoms with E-state index in [0.29, 0.717) is 0 Å². The third-order valence-corrected chi connectivity index (χ3v) is 4.41. The number of non-ortho nitro benzene ring substituents is 1. The zero-order chi connectivity index (χ0) is 19.5. The Kier molecular flexibility index (Phi) is 5.25. The Bertz CT molecular complexity index is 913. The molecule has 140 valence electrons. The van der Waals surface area contributed by atoms with Crippen molar-refractivity contribution in [1.82, 2.24) is 0 Å². The average molecular weight is 392 g/mol. The number of nitrogens with one attached hydrogen (secondary N) is 1. The zero-order valence-corrected chi connectivity index (χ0v) is 13.8. The summed E-state index contributed by atoms with van der Waals surface area (Å²) in [6, 6.07) is 6.90. The molecular formula is C14H11F3N2O6S. The maximum Gasteiger partial charge on any atom is 0.573 e. The number of nitrogens with zero attached hydrogens (tertiary/aromatic N) is 1. The van der Waals surface area contributed by atoms with E-state index in [0.717, 1.165) is 49.6 Å². The van der Waals surface area contributed by atoms with Gasteiger partial charge in [-0.15, -0.1) is 13.2 Å². The number of halogens is 3. The first kappa shape index (κ1) is 19.3. The molecule has 0 fully saturated rings. The molecule has 0 saturated carbocycles. The van der Waals surface area contributed by atoms with Crippen LogP contribution in [0.15, 0.2) is 47.4 Å². The van der Waals surface area contributed by atoms with E-state index in [4.69, 9.17) is 4.74 Å². The van der Waals surface area contributed by atoms with Crippen LogP contribution in [-0.2, 0) is 10.0 Å². The lowest BCUT2D eigenvalue weighted by Gasteiger charge is -2.12. The molecule has 0 aliphatic carbocycles. The maximum atomic E-state index is 12.4. The van der Waals surface area contributed by atoms with Crippen molar-refractivity contribution in [2.24, 2.45) is 0 Å². The molecule has 2 aromatic carbocycles. The predicted octanol–water partition coefficient (Wildman–Crippen LogP) is 3.30. The summed E-state index contributed by atoms with van der Waals surface area (Å²) >= 11 is 0. The van der Waals surface area contributed by atoms with Crippen molar-refractivity contribution in [3.05, 3.63) is 52.6 Å². The van der Waals surface area contributed by atoms with Crippen LogP contribution >= 0.6 is 0 Å². The molecule has 0 amide bonds. The minimum absolute atomic E-state index is 0.0417. The van der Waals surface area contributed by atoms with E-state index in [1.165, 1.54) is 0 Å². The van der Waals surface area contributed by atoms with Gasteiger partial charge >= 0.3 is 6.36 Å². The minimum Gasteiger partial charge on any atom is -0.495 e. The molecule has 1 N–H and O–H groups in total. The van der Waals surface area contributed by atoms with Crippen molar-refractivity contribution in [1.29, 1.82) is 0 Å². The molecule has 0 unspecified atom stereocenters. The van der Waals surface area contributed by atoms with Crippen LogP contribution in [-0.4, -0.2) is 26.8 Å². The first-order valence-electron chi connectivity index (χ1n) is 6.73. The van der Waals surface area contributed by atoms with Crippen molar-refractivity contribution in [2.75, 3.05) is 11.8 Å². The number of rotatable bonds is 6. The molecular weight excluding hydrogens is 381 g/mol. The monoisotopic (exact) mass is 392 g/mol. The molecule has 0 aliphatic heterocycles. The van der Waals surface area contributed by atoms with Crippen LogP contribution in [0.1, 0.15) is 0 Å². The van der Waals surface area contributed by atoms with Crippen LogP contribution in [0.4, 0.5) is 24.5 Å². The number of nitro groups is 1. The quantitative estimate of drug-likeness (QED) is 0.597. The van der Waals surface area contributed by atoms with Crippen LogP contribution in [0.3, 0.4) is 0 Å². The summed E-state index contributed by atoms with van der Waals surface area (Å²) in [5.41, 5.74) is -0.408. The van der Waals surface area contributed by atoms with Gasteiger partial charge in [0.2, 0.25) is 0 Å². The molecule has 26 heavy (non-hydrogen) atoms. The molecule has 8 nitrogen and oxygen atoms in total. The fraction of sp³-hybridized carbons (Fsp3) is 0.143. The second-order valence-corrected chi connectivity index (χ2v) is 6.42. The summed E-state index contributed by atoms with van der Waals surface area (Å²) in [6.07, 6.45) is -4.87. The number of hydrogen-bond donors (Lipinski definition) is 1. The van der Waals surface area contributed by atoms with Gasteiger partial charge in [-0.25, -0.2) is 8.42 Å². The highest BCUT2D eigenvalue weighted by atomic mass is 32.2. The standard InChI is InChI=1S/C14H11F3N2O6S/c1-24-12-8-10(19(20)21)4-7-13(12)26(22,23)18-9-2-5-11(6-3-9)25-14(15,16)17/h2-8,18H,1H3. The number of nitro benzene ring substituents is 1. The molecule has 0 radical (unpaired) electrons. The Morgan fingerprint density at radius 2 is 1.73 bits per heavy atom. The summed E-state index contributed by atoms with van der Waals surface area (Å²) in [7, 11) is -3.07. The highest BCUT2D eigenvalue weighted by molar-refractivity contribution is 7.92. The second kappa shape index (κ2) is 7.07. The highest BCUT2D eigenvalue weighted by Crippen LogP contribution is 2.30. The topological polar surface area (TPSA) is 108 Å². The molecule has 0 spiro atoms. The fourth-order valence-corrected chi connectivity index (χ4v) is 3.14. The van der Waals surface area contributed by atoms with Crippen molar-refractivity contribution in [2.45, 2.75) is 11.3 Å². The Morgan fingerprint density at radius 1 is 1.12 bits per heavy atom. The number of alkyl halides is 3. The Balaban J connectivity index is 2.27. The Labute approximate surface area is 145 Å². The lowest BCUT2D eigenvalue weighted by atomic mass is 10.3. The van der Waals surface area contributed by atoms with Crippen molar-refractivity contribution >= 4 is 21.4 Å². The van der Waals surface area contributed by atoms with E-state index >= 15 is 0 Å². The molecule has 0 saturated heterocycles. The van der Waals surface area contributed by atoms with Crippen LogP contribution < -0.4 is 14.2 Å². The number of methoxy groups -OCH3 is 1. The highest BCUT2D eigenvalue weighted by Gasteiger charge is 2.31. The van der Waals surface area contributed by atoms with Crippen LogP contribution in [0.2, 0.25) is 0 Å². The van der Waals surface area contributed by atoms with Gasteiger partial charge in [-0.2, -0.15) is 0 Å². The average Bonchev–Trinajstić information content (AvgIpc) is 2.54. The van der Waals surface area contributed by atoms with Crippen molar-refractivity contribution in [3.8, 4) is 11.5 Å². The van der Waals surface area contributed by atoms with E-state index in [2.05, 4.69) is 9.46 Å². The van der Waals surface area contributed by atoms with Crippen molar-refractivity contribution < 1.29 is 36.0 Å². The van der Waals surface area contributed by atoms with Crippen LogP contribution in [0, 0.1) is 10.1 Å². The smallest absolute Gasteiger partial charge is 0.495 e. The van der Waals surface area contributed by atoms with Crippen LogP contribution in [0.25, 0.3) is 0 Å². The SMILES string of the molecule is COc1cc([N+](=O)[O-])ccc1S(=O)(=O)Nc1ccc(OC(F)(F)F)cc1. The zero-order valence-electron chi connectivity index (χ0n) is 13.0. The Morgan fingerprint density at radius 3 is 2.23 bits per heavy atom. The van der Waals surface area contributed by atoms with Gasteiger partial charge in [-0.05, 0) is 30.3 Å². The molecule has 0 bridgehead atoms. The van der Waals surface area contributed by atoms with E-state index in [9.17, 15) is 31.7 Å². The van der Waals surface area contributed by atoms with E-state index < -0.39 is 27.1 Å². The summed E-state index contributed by atoms with van der Waals surface area (Å²) in [5.74, 6) is -0.780. The Hall–Kier alpha value is -3.02. The third-order valence-electron chi connectivity index (χ3n) is 2.99. The first-order valence-corrected chi connectivity index (χ1v) is 8.21. The van der Waals surface area contributed by atoms with Gasteiger partial charge in [-0.3, -0.25) is 14.8 Å². The molecule has 0 heterocycles. The lowest BCUT2D eigenvalue weighted by molar-refractivity contribution is -0.385. The summed E-state index contributed by atoms with van der Waals surface area (Å²) < 4.78 is 71.8. The number of benzene rings is 2. The first-order chi connectivity index (χ1) is 12.0. The van der Waals surface area contributed by atoms with Gasteiger partial charge in [0, 0.05) is 11.8 Å². The van der Waals surface area contributed by atoms with Gasteiger partial charge in [0.15, 0.2) is 0 Å². The number of sulfonamides is 1. The number of anilines is 1. The maximum absolute atomic E-state index is 12.4. The lowest BCUT2D eigenvalue weighted by Crippen LogP contribution is -2.17. The molecule has 2 rings (SSSR count). The summed E-state index contributed by atoms with van der Waals surface area (Å²) in [6.45, 7) is 0. The van der Waals surface area contributed by atoms with Gasteiger partial charge < -0.3 is 9.47 Å². The largest absolute Gasteiger partial charge is 0.573 e. The van der Waals surface area contributed by atoms with Gasteiger partial charge in [-0.1, -0.05) is 0 Å². The second-order valence-electron chi connectivity index (χ2n) is 4.77. The van der Waals surface area contributed by atoms with E-state index in [1.807, 2.05) is 0 Å².